The van der Waals surface area contributed by atoms with E-state index in [1.54, 1.807) is 0 Å². The maximum absolute atomic E-state index is 15.9. The Morgan fingerprint density at radius 2 is 1.53 bits per heavy atom. The van der Waals surface area contributed by atoms with E-state index in [1.165, 1.54) is 23.2 Å². The van der Waals surface area contributed by atoms with Crippen LogP contribution in [0.2, 0.25) is 0 Å². The first kappa shape index (κ1) is 30.3. The van der Waals surface area contributed by atoms with Gasteiger partial charge in [0, 0.05) is 6.20 Å². The molecule has 45 heavy (non-hydrogen) atoms. The van der Waals surface area contributed by atoms with Gasteiger partial charge in [-0.3, -0.25) is 37.0 Å². The van der Waals surface area contributed by atoms with E-state index in [0.717, 1.165) is 10.9 Å². The van der Waals surface area contributed by atoms with E-state index in [-0.39, 0.29) is 34.0 Å². The molecule has 0 amide bonds. The molecule has 3 aliphatic rings. The van der Waals surface area contributed by atoms with E-state index in [1.807, 2.05) is 0 Å². The number of aliphatic hydroxyl groups excluding tert-OH is 1. The van der Waals surface area contributed by atoms with Crippen LogP contribution in [0, 0.1) is 0 Å². The highest BCUT2D eigenvalue weighted by Crippen LogP contribution is 2.54. The molecule has 4 unspecified atom stereocenters. The molecular weight excluding hydrogens is 651 g/mol. The molecule has 0 spiro atoms. The van der Waals surface area contributed by atoms with Gasteiger partial charge in [-0.15, -0.1) is 0 Å². The van der Waals surface area contributed by atoms with Crippen molar-refractivity contribution in [2.75, 3.05) is 24.7 Å². The maximum Gasteiger partial charge on any atom is 0.472 e. The fourth-order valence-corrected chi connectivity index (χ4v) is 7.23. The number of nitrogen functional groups attached to an aromatic ring is 2. The average Bonchev–Trinajstić information content (AvgIpc) is 3.72. The molecule has 3 fully saturated rings. The SMILES string of the molecule is Nc1nc2c(ncn2[C@@H]2O[C@@H]3COP(=O)(O)O[C@@H]4C(F)[C@H](n5cnc6c(N)ccnc65)O[C@@H]4COP(=O)(O)OC2[C@H]3O)c(=O)[nH]1. The van der Waals surface area contributed by atoms with Crippen LogP contribution < -0.4 is 17.0 Å². The van der Waals surface area contributed by atoms with Gasteiger partial charge < -0.3 is 35.8 Å². The summed E-state index contributed by atoms with van der Waals surface area (Å²) in [6.45, 7) is -1.75. The first-order chi connectivity index (χ1) is 21.3. The number of H-pyrrole nitrogens is 1. The third-order valence-electron chi connectivity index (χ3n) is 7.38. The number of phosphoric ester groups is 2. The summed E-state index contributed by atoms with van der Waals surface area (Å²) in [6.07, 6.45) is -10.1. The molecule has 24 heteroatoms. The quantitative estimate of drug-likeness (QED) is 0.142. The zero-order valence-corrected chi connectivity index (χ0v) is 24.3. The van der Waals surface area contributed by atoms with Gasteiger partial charge in [0.1, 0.15) is 36.0 Å². The molecule has 3 saturated heterocycles. The van der Waals surface area contributed by atoms with Crippen LogP contribution in [0.5, 0.6) is 0 Å². The monoisotopic (exact) mass is 675 g/mol. The highest BCUT2D eigenvalue weighted by molar-refractivity contribution is 7.47. The lowest BCUT2D eigenvalue weighted by atomic mass is 10.1. The highest BCUT2D eigenvalue weighted by Gasteiger charge is 2.54. The number of rotatable bonds is 2. The summed E-state index contributed by atoms with van der Waals surface area (Å²) in [5, 5.41) is 11.0. The van der Waals surface area contributed by atoms with Gasteiger partial charge in [0.2, 0.25) is 5.95 Å². The van der Waals surface area contributed by atoms with Gasteiger partial charge in [-0.05, 0) is 6.07 Å². The Balaban J connectivity index is 1.21. The normalized spacial score (nSPS) is 37.7. The Labute approximate surface area is 249 Å². The van der Waals surface area contributed by atoms with Gasteiger partial charge in [0.25, 0.3) is 5.56 Å². The Morgan fingerprint density at radius 1 is 0.911 bits per heavy atom. The van der Waals surface area contributed by atoms with Crippen molar-refractivity contribution in [3.05, 3.63) is 35.3 Å². The zero-order chi connectivity index (χ0) is 31.8. The fraction of sp³-hybridized carbons (Fsp3) is 0.476. The predicted molar refractivity (Wildman–Crippen MR) is 145 cm³/mol. The van der Waals surface area contributed by atoms with Crippen molar-refractivity contribution in [2.45, 2.75) is 49.1 Å². The second-order valence-corrected chi connectivity index (χ2v) is 13.0. The van der Waals surface area contributed by atoms with Gasteiger partial charge in [-0.25, -0.2) is 28.5 Å². The molecule has 7 rings (SSSR count). The molecular formula is C21H24FN9O12P2. The smallest absolute Gasteiger partial charge is 0.397 e. The number of ether oxygens (including phenoxy) is 2. The third-order valence-corrected chi connectivity index (χ3v) is 9.35. The number of fused-ring (bicyclic) bond motifs is 5. The van der Waals surface area contributed by atoms with E-state index in [0.29, 0.717) is 0 Å². The molecule has 0 saturated carbocycles. The lowest BCUT2D eigenvalue weighted by molar-refractivity contribution is -0.0670. The number of imidazole rings is 2. The van der Waals surface area contributed by atoms with E-state index in [4.69, 9.17) is 39.0 Å². The summed E-state index contributed by atoms with van der Waals surface area (Å²) >= 11 is 0. The molecule has 0 aromatic carbocycles. The van der Waals surface area contributed by atoms with E-state index in [2.05, 4.69) is 24.9 Å². The first-order valence-corrected chi connectivity index (χ1v) is 16.0. The van der Waals surface area contributed by atoms with Crippen molar-refractivity contribution >= 4 is 49.6 Å². The van der Waals surface area contributed by atoms with Crippen LogP contribution in [-0.4, -0.2) is 98.9 Å². The van der Waals surface area contributed by atoms with Crippen LogP contribution in [0.25, 0.3) is 22.3 Å². The van der Waals surface area contributed by atoms with Gasteiger partial charge >= 0.3 is 15.6 Å². The lowest BCUT2D eigenvalue weighted by Gasteiger charge is -2.25. The number of alkyl halides is 1. The van der Waals surface area contributed by atoms with Crippen molar-refractivity contribution < 1.29 is 56.0 Å². The van der Waals surface area contributed by atoms with E-state index >= 15 is 4.39 Å². The molecule has 3 aliphatic heterocycles. The summed E-state index contributed by atoms with van der Waals surface area (Å²) in [6, 6.07) is 1.48. The molecule has 7 heterocycles. The van der Waals surface area contributed by atoms with Crippen LogP contribution in [0.3, 0.4) is 0 Å². The average molecular weight is 675 g/mol. The number of aromatic nitrogens is 7. The standard InChI is InChI=1S/C21H24FN9O12P2/c22-10-14-9(41-19(10)30-5-26-11-7(23)1-2-25-16(11)30)4-39-45(36,37)43-15-13(32)8(3-38-44(34,35)42-14)40-20(15)31-6-27-12-17(31)28-21(24)29-18(12)33/h1-2,5-6,8-10,13-15,19-20,32H,3-4H2,(H2,23,25)(H,34,35)(H,36,37)(H3,24,28,29,33)/t8-,9-,10?,13+,14+,15?,19-,20-/m1/s1. The molecule has 0 radical (unpaired) electrons. The fourth-order valence-electron chi connectivity index (χ4n) is 5.34. The summed E-state index contributed by atoms with van der Waals surface area (Å²) in [5.41, 5.74) is 11.1. The largest absolute Gasteiger partial charge is 0.472 e. The Morgan fingerprint density at radius 3 is 2.27 bits per heavy atom. The van der Waals surface area contributed by atoms with Crippen LogP contribution in [0.4, 0.5) is 16.0 Å². The number of aliphatic hydroxyl groups is 1. The minimum absolute atomic E-state index is 0.121. The topological polar surface area (TPSA) is 297 Å². The Hall–Kier alpha value is -3.40. The number of nitrogens with two attached hydrogens (primary N) is 2. The van der Waals surface area contributed by atoms with Crippen molar-refractivity contribution in [3.8, 4) is 0 Å². The number of hydrogen-bond donors (Lipinski definition) is 6. The van der Waals surface area contributed by atoms with Crippen molar-refractivity contribution in [1.29, 1.82) is 0 Å². The molecule has 4 aromatic heterocycles. The van der Waals surface area contributed by atoms with Crippen LogP contribution in [-0.2, 0) is 36.7 Å². The van der Waals surface area contributed by atoms with Crippen LogP contribution in [0.1, 0.15) is 12.5 Å². The Bertz CT molecular complexity index is 1940. The Kier molecular flexibility index (Phi) is 7.30. The number of phosphoric acid groups is 2. The minimum Gasteiger partial charge on any atom is -0.397 e. The summed E-state index contributed by atoms with van der Waals surface area (Å²) < 4.78 is 76.4. The summed E-state index contributed by atoms with van der Waals surface area (Å²) in [7, 11) is -10.3. The number of pyridine rings is 1. The zero-order valence-electron chi connectivity index (χ0n) is 22.5. The van der Waals surface area contributed by atoms with Gasteiger partial charge in [-0.1, -0.05) is 0 Å². The van der Waals surface area contributed by atoms with Gasteiger partial charge in [0.05, 0.1) is 31.6 Å². The first-order valence-electron chi connectivity index (χ1n) is 13.1. The third kappa shape index (κ3) is 5.32. The molecule has 10 atom stereocenters. The molecule has 2 bridgehead atoms. The minimum atomic E-state index is -5.15. The van der Waals surface area contributed by atoms with Crippen molar-refractivity contribution in [3.63, 3.8) is 0 Å². The lowest BCUT2D eigenvalue weighted by Crippen LogP contribution is -2.35. The van der Waals surface area contributed by atoms with E-state index in [9.17, 15) is 28.8 Å². The van der Waals surface area contributed by atoms with Crippen molar-refractivity contribution in [2.24, 2.45) is 0 Å². The number of nitrogens with zero attached hydrogens (tertiary/aromatic N) is 6. The van der Waals surface area contributed by atoms with Gasteiger partial charge in [0.15, 0.2) is 35.4 Å². The molecule has 8 N–H and O–H groups in total. The van der Waals surface area contributed by atoms with Gasteiger partial charge in [-0.2, -0.15) is 4.98 Å². The number of halogens is 1. The molecule has 21 nitrogen and oxygen atoms in total. The van der Waals surface area contributed by atoms with Crippen LogP contribution >= 0.6 is 15.6 Å². The maximum atomic E-state index is 15.9. The number of hydrogen-bond acceptors (Lipinski definition) is 16. The second kappa shape index (κ2) is 10.9. The number of anilines is 2. The predicted octanol–water partition coefficient (Wildman–Crippen LogP) is -0.759. The molecule has 4 aromatic rings. The van der Waals surface area contributed by atoms with Crippen LogP contribution in [0.15, 0.2) is 29.7 Å². The second-order valence-electron chi connectivity index (χ2n) is 10.2. The van der Waals surface area contributed by atoms with Crippen molar-refractivity contribution in [1.82, 2.24) is 34.1 Å². The highest BCUT2D eigenvalue weighted by atomic mass is 31.2. The van der Waals surface area contributed by atoms with E-state index < -0.39 is 83.6 Å². The molecule has 0 aliphatic carbocycles. The molecule has 242 valence electrons. The summed E-state index contributed by atoms with van der Waals surface area (Å²) in [5.74, 6) is -0.291. The summed E-state index contributed by atoms with van der Waals surface area (Å²) in [4.78, 5) is 51.9. The number of nitrogens with one attached hydrogen (secondary N) is 1. The number of aromatic amines is 1.